The van der Waals surface area contributed by atoms with Crippen molar-refractivity contribution >= 4 is 17.4 Å². The monoisotopic (exact) mass is 483 g/mol. The van der Waals surface area contributed by atoms with Crippen LogP contribution in [0.3, 0.4) is 0 Å². The lowest BCUT2D eigenvalue weighted by Gasteiger charge is -2.36. The Morgan fingerprint density at radius 2 is 1.80 bits per heavy atom. The highest BCUT2D eigenvalue weighted by atomic mass is 16.5. The van der Waals surface area contributed by atoms with Crippen LogP contribution >= 0.6 is 0 Å². The molecule has 3 rings (SSSR count). The zero-order chi connectivity index (χ0) is 25.6. The molecule has 0 heterocycles. The summed E-state index contributed by atoms with van der Waals surface area (Å²) in [5.74, 6) is 0.992. The van der Waals surface area contributed by atoms with E-state index in [4.69, 9.17) is 10.5 Å². The van der Waals surface area contributed by atoms with E-state index in [1.807, 2.05) is 51.1 Å². The molecular weight excluding hydrogens is 442 g/mol. The van der Waals surface area contributed by atoms with E-state index < -0.39 is 17.7 Å². The molecule has 7 heteroatoms. The van der Waals surface area contributed by atoms with Crippen molar-refractivity contribution in [3.8, 4) is 11.5 Å². The van der Waals surface area contributed by atoms with Gasteiger partial charge in [-0.15, -0.1) is 0 Å². The van der Waals surface area contributed by atoms with Gasteiger partial charge in [-0.1, -0.05) is 71.1 Å². The van der Waals surface area contributed by atoms with Crippen LogP contribution in [0.4, 0.5) is 16.2 Å². The van der Waals surface area contributed by atoms with E-state index in [0.717, 1.165) is 12.1 Å². The van der Waals surface area contributed by atoms with Crippen LogP contribution in [0.15, 0.2) is 42.5 Å². The number of nitrogens with zero attached hydrogens (tertiary/aromatic N) is 2. The summed E-state index contributed by atoms with van der Waals surface area (Å²) in [6.07, 6.45) is 5.65. The van der Waals surface area contributed by atoms with Crippen LogP contribution < -0.4 is 20.3 Å². The smallest absolute Gasteiger partial charge is 0.331 e. The second-order valence-electron chi connectivity index (χ2n) is 10.4. The minimum atomic E-state index is -1.32. The number of hydrogen-bond donors (Lipinski definition) is 3. The number of urea groups is 1. The van der Waals surface area contributed by atoms with E-state index in [2.05, 4.69) is 0 Å². The Labute approximate surface area is 209 Å². The number of aliphatic hydroxyl groups is 1. The molecule has 2 aromatic rings. The summed E-state index contributed by atoms with van der Waals surface area (Å²) in [4.78, 5) is 17.0. The second-order valence-corrected chi connectivity index (χ2v) is 10.4. The number of anilines is 2. The number of para-hydroxylation sites is 1. The number of amides is 2. The zero-order valence-corrected chi connectivity index (χ0v) is 21.5. The number of methoxy groups -OCH3 is 1. The SMILES string of the molecule is COc1cc(N(C(=O)N(CCC2CCCCC2)c2ccccc2)C(O)CN)c(O)c(C(C)(C)C)c1. The van der Waals surface area contributed by atoms with Gasteiger partial charge in [-0.25, -0.2) is 4.79 Å². The summed E-state index contributed by atoms with van der Waals surface area (Å²) in [5.41, 5.74) is 6.95. The van der Waals surface area contributed by atoms with Gasteiger partial charge in [0.15, 0.2) is 0 Å². The third-order valence-corrected chi connectivity index (χ3v) is 6.87. The second kappa shape index (κ2) is 11.8. The van der Waals surface area contributed by atoms with Crippen LogP contribution in [-0.4, -0.2) is 42.7 Å². The van der Waals surface area contributed by atoms with Gasteiger partial charge in [-0.05, 0) is 36.0 Å². The lowest BCUT2D eigenvalue weighted by atomic mass is 9.85. The molecule has 1 atom stereocenters. The summed E-state index contributed by atoms with van der Waals surface area (Å²) in [6.45, 7) is 6.24. The van der Waals surface area contributed by atoms with Crippen molar-refractivity contribution in [1.29, 1.82) is 0 Å². The van der Waals surface area contributed by atoms with Gasteiger partial charge in [0, 0.05) is 30.4 Å². The van der Waals surface area contributed by atoms with Gasteiger partial charge in [0.1, 0.15) is 17.7 Å². The quantitative estimate of drug-likeness (QED) is 0.438. The first kappa shape index (κ1) is 26.8. The van der Waals surface area contributed by atoms with E-state index in [0.29, 0.717) is 23.8 Å². The maximum Gasteiger partial charge on any atom is 0.331 e. The Balaban J connectivity index is 2.05. The number of ether oxygens (including phenoxy) is 1. The van der Waals surface area contributed by atoms with Gasteiger partial charge in [-0.3, -0.25) is 9.80 Å². The Kier molecular flexibility index (Phi) is 9.03. The van der Waals surface area contributed by atoms with Gasteiger partial charge >= 0.3 is 6.03 Å². The van der Waals surface area contributed by atoms with Crippen LogP contribution in [0.5, 0.6) is 11.5 Å². The fourth-order valence-corrected chi connectivity index (χ4v) is 4.82. The summed E-state index contributed by atoms with van der Waals surface area (Å²) < 4.78 is 5.49. The first-order chi connectivity index (χ1) is 16.7. The van der Waals surface area contributed by atoms with E-state index in [1.54, 1.807) is 17.0 Å². The van der Waals surface area contributed by atoms with Gasteiger partial charge in [0.05, 0.1) is 12.8 Å². The molecule has 35 heavy (non-hydrogen) atoms. The topological polar surface area (TPSA) is 99.3 Å². The molecule has 1 unspecified atom stereocenters. The number of phenolic OH excluding ortho intramolecular Hbond substituents is 1. The molecule has 7 nitrogen and oxygen atoms in total. The van der Waals surface area contributed by atoms with Crippen molar-refractivity contribution < 1.29 is 19.7 Å². The number of hydrogen-bond acceptors (Lipinski definition) is 5. The molecule has 192 valence electrons. The number of phenols is 1. The van der Waals surface area contributed by atoms with E-state index in [1.165, 1.54) is 44.1 Å². The van der Waals surface area contributed by atoms with Crippen LogP contribution in [0.2, 0.25) is 0 Å². The fourth-order valence-electron chi connectivity index (χ4n) is 4.82. The normalized spacial score (nSPS) is 15.5. The standard InChI is InChI=1S/C28H41N3O4/c1-28(2,3)23-17-22(35-4)18-24(26(23)33)31(25(32)19-29)27(34)30(21-13-9-6-10-14-21)16-15-20-11-7-5-8-12-20/h6,9-10,13-14,17-18,20,25,32-33H,5,7-8,11-12,15-16,19,29H2,1-4H3. The molecule has 0 radical (unpaired) electrons. The van der Waals surface area contributed by atoms with Crippen molar-refractivity contribution in [2.45, 2.75) is 70.9 Å². The van der Waals surface area contributed by atoms with Crippen LogP contribution in [0.1, 0.15) is 64.9 Å². The average molecular weight is 484 g/mol. The highest BCUT2D eigenvalue weighted by molar-refractivity contribution is 6.05. The van der Waals surface area contributed by atoms with Gasteiger partial charge in [0.25, 0.3) is 0 Å². The molecule has 0 aliphatic heterocycles. The Hall–Kier alpha value is -2.77. The Bertz CT molecular complexity index is 968. The first-order valence-electron chi connectivity index (χ1n) is 12.6. The van der Waals surface area contributed by atoms with E-state index in [9.17, 15) is 15.0 Å². The first-order valence-corrected chi connectivity index (χ1v) is 12.6. The maximum absolute atomic E-state index is 14.1. The minimum absolute atomic E-state index is 0.0700. The molecule has 0 aromatic heterocycles. The molecule has 1 saturated carbocycles. The molecule has 2 aromatic carbocycles. The molecule has 0 bridgehead atoms. The highest BCUT2D eigenvalue weighted by Gasteiger charge is 2.33. The maximum atomic E-state index is 14.1. The van der Waals surface area contributed by atoms with E-state index in [-0.39, 0.29) is 18.0 Å². The van der Waals surface area contributed by atoms with Gasteiger partial charge in [0.2, 0.25) is 0 Å². The number of rotatable bonds is 8. The number of aliphatic hydroxyl groups excluding tert-OH is 1. The van der Waals surface area contributed by atoms with Crippen molar-refractivity contribution in [1.82, 2.24) is 0 Å². The predicted molar refractivity (Wildman–Crippen MR) is 141 cm³/mol. The van der Waals surface area contributed by atoms with Gasteiger partial charge < -0.3 is 20.7 Å². The Morgan fingerprint density at radius 3 is 2.37 bits per heavy atom. The average Bonchev–Trinajstić information content (AvgIpc) is 2.85. The third kappa shape index (κ3) is 6.47. The minimum Gasteiger partial charge on any atom is -0.505 e. The molecular formula is C28H41N3O4. The fraction of sp³-hybridized carbons (Fsp3) is 0.536. The Morgan fingerprint density at radius 1 is 1.14 bits per heavy atom. The van der Waals surface area contributed by atoms with Crippen LogP contribution in [-0.2, 0) is 5.41 Å². The molecule has 0 spiro atoms. The molecule has 1 fully saturated rings. The molecule has 2 amide bonds. The zero-order valence-electron chi connectivity index (χ0n) is 21.5. The largest absolute Gasteiger partial charge is 0.505 e. The summed E-state index contributed by atoms with van der Waals surface area (Å²) in [6, 6.07) is 12.4. The lowest BCUT2D eigenvalue weighted by molar-refractivity contribution is 0.174. The molecule has 4 N–H and O–H groups in total. The van der Waals surface area contributed by atoms with Gasteiger partial charge in [-0.2, -0.15) is 0 Å². The van der Waals surface area contributed by atoms with Crippen molar-refractivity contribution in [2.24, 2.45) is 11.7 Å². The third-order valence-electron chi connectivity index (χ3n) is 6.87. The predicted octanol–water partition coefficient (Wildman–Crippen LogP) is 5.38. The molecule has 1 aliphatic carbocycles. The summed E-state index contributed by atoms with van der Waals surface area (Å²) >= 11 is 0. The van der Waals surface area contributed by atoms with E-state index >= 15 is 0 Å². The summed E-state index contributed by atoms with van der Waals surface area (Å²) in [7, 11) is 1.54. The summed E-state index contributed by atoms with van der Waals surface area (Å²) in [5, 5.41) is 22.2. The van der Waals surface area contributed by atoms with Crippen molar-refractivity contribution in [3.05, 3.63) is 48.0 Å². The van der Waals surface area contributed by atoms with Crippen molar-refractivity contribution in [2.75, 3.05) is 30.0 Å². The van der Waals surface area contributed by atoms with Crippen LogP contribution in [0.25, 0.3) is 0 Å². The number of carbonyl (C=O) groups excluding carboxylic acids is 1. The molecule has 1 aliphatic rings. The lowest BCUT2D eigenvalue weighted by Crippen LogP contribution is -2.52. The number of aromatic hydroxyl groups is 1. The number of benzene rings is 2. The molecule has 0 saturated heterocycles. The number of nitrogens with two attached hydrogens (primary N) is 1. The van der Waals surface area contributed by atoms with Crippen molar-refractivity contribution in [3.63, 3.8) is 0 Å². The van der Waals surface area contributed by atoms with Crippen LogP contribution in [0, 0.1) is 5.92 Å². The number of carbonyl (C=O) groups is 1. The highest BCUT2D eigenvalue weighted by Crippen LogP contribution is 2.42.